The van der Waals surface area contributed by atoms with Crippen molar-refractivity contribution in [2.75, 3.05) is 11.9 Å². The summed E-state index contributed by atoms with van der Waals surface area (Å²) in [5.41, 5.74) is 3.87. The quantitative estimate of drug-likeness (QED) is 0.239. The molecule has 0 aromatic heterocycles. The first-order chi connectivity index (χ1) is 17.7. The molecule has 10 heteroatoms. The Kier molecular flexibility index (Phi) is 7.69. The molecule has 3 aromatic rings. The summed E-state index contributed by atoms with van der Waals surface area (Å²) in [5, 5.41) is 13.3. The molecule has 3 amide bonds. The van der Waals surface area contributed by atoms with Crippen molar-refractivity contribution in [3.8, 4) is 5.75 Å². The number of rotatable bonds is 8. The van der Waals surface area contributed by atoms with E-state index in [1.165, 1.54) is 18.2 Å². The van der Waals surface area contributed by atoms with Crippen LogP contribution >= 0.6 is 11.8 Å². The largest absolute Gasteiger partial charge is 0.484 e. The van der Waals surface area contributed by atoms with Crippen LogP contribution in [0, 0.1) is 24.0 Å². The van der Waals surface area contributed by atoms with Gasteiger partial charge in [0, 0.05) is 17.8 Å². The van der Waals surface area contributed by atoms with Gasteiger partial charge < -0.3 is 10.1 Å². The fourth-order valence-electron chi connectivity index (χ4n) is 3.60. The summed E-state index contributed by atoms with van der Waals surface area (Å²) >= 11 is 0.794. The molecule has 1 aliphatic rings. The maximum Gasteiger partial charge on any atom is 0.293 e. The Morgan fingerprint density at radius 2 is 1.84 bits per heavy atom. The normalized spacial score (nSPS) is 14.2. The van der Waals surface area contributed by atoms with Crippen molar-refractivity contribution >= 4 is 46.3 Å². The number of non-ortho nitro benzene ring substituents is 1. The monoisotopic (exact) mass is 517 g/mol. The minimum absolute atomic E-state index is 0.0670. The van der Waals surface area contributed by atoms with Crippen molar-refractivity contribution < 1.29 is 24.0 Å². The molecule has 1 fully saturated rings. The predicted molar refractivity (Wildman–Crippen MR) is 141 cm³/mol. The summed E-state index contributed by atoms with van der Waals surface area (Å²) in [4.78, 5) is 49.4. The third kappa shape index (κ3) is 6.42. The molecule has 9 nitrogen and oxygen atoms in total. The third-order valence-corrected chi connectivity index (χ3v) is 6.56. The van der Waals surface area contributed by atoms with Gasteiger partial charge in [0.1, 0.15) is 5.75 Å². The van der Waals surface area contributed by atoms with Crippen LogP contribution in [0.5, 0.6) is 5.75 Å². The Balaban J connectivity index is 1.39. The number of benzene rings is 3. The fourth-order valence-corrected chi connectivity index (χ4v) is 4.44. The lowest BCUT2D eigenvalue weighted by Crippen LogP contribution is -2.27. The lowest BCUT2D eigenvalue weighted by atomic mass is 10.1. The van der Waals surface area contributed by atoms with E-state index in [2.05, 4.69) is 5.32 Å². The number of anilines is 1. The zero-order chi connectivity index (χ0) is 26.5. The third-order valence-electron chi connectivity index (χ3n) is 5.65. The Labute approximate surface area is 217 Å². The number of nitrogens with zero attached hydrogens (tertiary/aromatic N) is 2. The summed E-state index contributed by atoms with van der Waals surface area (Å²) in [5.74, 6) is -0.365. The van der Waals surface area contributed by atoms with Gasteiger partial charge in [-0.25, -0.2) is 0 Å². The molecule has 188 valence electrons. The van der Waals surface area contributed by atoms with Crippen molar-refractivity contribution in [2.45, 2.75) is 20.4 Å². The van der Waals surface area contributed by atoms with Crippen LogP contribution in [0.1, 0.15) is 22.3 Å². The van der Waals surface area contributed by atoms with Gasteiger partial charge in [0.15, 0.2) is 6.61 Å². The van der Waals surface area contributed by atoms with E-state index in [0.717, 1.165) is 27.8 Å². The maximum atomic E-state index is 12.9. The summed E-state index contributed by atoms with van der Waals surface area (Å²) in [7, 11) is 0. The number of hydrogen-bond donors (Lipinski definition) is 1. The Morgan fingerprint density at radius 3 is 2.59 bits per heavy atom. The Morgan fingerprint density at radius 1 is 1.05 bits per heavy atom. The molecule has 0 unspecified atom stereocenters. The highest BCUT2D eigenvalue weighted by Gasteiger charge is 2.35. The van der Waals surface area contributed by atoms with Crippen LogP contribution < -0.4 is 10.1 Å². The van der Waals surface area contributed by atoms with E-state index in [1.807, 2.05) is 32.0 Å². The maximum absolute atomic E-state index is 12.9. The summed E-state index contributed by atoms with van der Waals surface area (Å²) in [6.45, 7) is 3.70. The van der Waals surface area contributed by atoms with Crippen LogP contribution in [0.4, 0.5) is 16.2 Å². The Bertz CT molecular complexity index is 1440. The average molecular weight is 518 g/mol. The molecule has 0 atom stereocenters. The zero-order valence-corrected chi connectivity index (χ0v) is 20.9. The highest BCUT2D eigenvalue weighted by Crippen LogP contribution is 2.34. The van der Waals surface area contributed by atoms with Crippen LogP contribution in [-0.4, -0.2) is 33.5 Å². The molecule has 1 aliphatic heterocycles. The number of carbonyl (C=O) groups excluding carboxylic acids is 3. The second-order valence-electron chi connectivity index (χ2n) is 8.40. The van der Waals surface area contributed by atoms with Crippen molar-refractivity contribution in [3.05, 3.63) is 104 Å². The molecule has 0 aliphatic carbocycles. The first kappa shape index (κ1) is 25.6. The van der Waals surface area contributed by atoms with Crippen molar-refractivity contribution in [3.63, 3.8) is 0 Å². The van der Waals surface area contributed by atoms with E-state index in [-0.39, 0.29) is 29.7 Å². The van der Waals surface area contributed by atoms with Crippen LogP contribution in [0.15, 0.2) is 71.6 Å². The highest BCUT2D eigenvalue weighted by atomic mass is 32.2. The van der Waals surface area contributed by atoms with Gasteiger partial charge in [-0.15, -0.1) is 0 Å². The number of nitrogens with one attached hydrogen (secondary N) is 1. The van der Waals surface area contributed by atoms with Crippen LogP contribution in [-0.2, 0) is 16.1 Å². The van der Waals surface area contributed by atoms with Gasteiger partial charge in [-0.3, -0.25) is 29.4 Å². The van der Waals surface area contributed by atoms with Gasteiger partial charge >= 0.3 is 0 Å². The van der Waals surface area contributed by atoms with Crippen molar-refractivity contribution in [1.82, 2.24) is 4.90 Å². The van der Waals surface area contributed by atoms with Crippen LogP contribution in [0.25, 0.3) is 6.08 Å². The first-order valence-electron chi connectivity index (χ1n) is 11.3. The lowest BCUT2D eigenvalue weighted by Gasteiger charge is -2.12. The topological polar surface area (TPSA) is 119 Å². The minimum Gasteiger partial charge on any atom is -0.484 e. The summed E-state index contributed by atoms with van der Waals surface area (Å²) in [6.07, 6.45) is 1.57. The molecule has 3 aromatic carbocycles. The fraction of sp³-hybridized carbons (Fsp3) is 0.148. The number of imide groups is 1. The molecule has 0 spiro atoms. The van der Waals surface area contributed by atoms with Gasteiger partial charge in [-0.2, -0.15) is 0 Å². The van der Waals surface area contributed by atoms with E-state index in [4.69, 9.17) is 4.74 Å². The van der Waals surface area contributed by atoms with Crippen molar-refractivity contribution in [2.24, 2.45) is 0 Å². The molecule has 0 bridgehead atoms. The number of amides is 3. The van der Waals surface area contributed by atoms with Crippen molar-refractivity contribution in [1.29, 1.82) is 0 Å². The molecule has 1 N–H and O–H groups in total. The summed E-state index contributed by atoms with van der Waals surface area (Å²) < 4.78 is 5.61. The number of carbonyl (C=O) groups is 3. The number of ether oxygens (including phenoxy) is 1. The molecule has 1 saturated heterocycles. The lowest BCUT2D eigenvalue weighted by molar-refractivity contribution is -0.384. The molecular weight excluding hydrogens is 494 g/mol. The zero-order valence-electron chi connectivity index (χ0n) is 20.1. The molecule has 0 saturated carbocycles. The first-order valence-corrected chi connectivity index (χ1v) is 12.1. The summed E-state index contributed by atoms with van der Waals surface area (Å²) in [6, 6.07) is 18.3. The van der Waals surface area contributed by atoms with Gasteiger partial charge in [-0.05, 0) is 78.2 Å². The SMILES string of the molecule is Cc1ccc(NC(=O)COc2cccc(/C=C3\SC(=O)N(Cc4cccc([N+](=O)[O-])c4)C3=O)c2)cc1C. The van der Waals surface area contributed by atoms with Crippen LogP contribution in [0.3, 0.4) is 0 Å². The highest BCUT2D eigenvalue weighted by molar-refractivity contribution is 8.18. The number of aryl methyl sites for hydroxylation is 2. The van der Waals surface area contributed by atoms with E-state index in [9.17, 15) is 24.5 Å². The van der Waals surface area contributed by atoms with Crippen LogP contribution in [0.2, 0.25) is 0 Å². The van der Waals surface area contributed by atoms with Gasteiger partial charge in [0.25, 0.3) is 22.7 Å². The number of thioether (sulfide) groups is 1. The second kappa shape index (κ2) is 11.1. The van der Waals surface area contributed by atoms with E-state index in [1.54, 1.807) is 36.4 Å². The average Bonchev–Trinajstić information content (AvgIpc) is 3.12. The minimum atomic E-state index is -0.528. The second-order valence-corrected chi connectivity index (χ2v) is 9.40. The molecule has 0 radical (unpaired) electrons. The van der Waals surface area contributed by atoms with Gasteiger partial charge in [0.05, 0.1) is 16.4 Å². The van der Waals surface area contributed by atoms with Gasteiger partial charge in [-0.1, -0.05) is 30.3 Å². The molecule has 4 rings (SSSR count). The van der Waals surface area contributed by atoms with Gasteiger partial charge in [0.2, 0.25) is 0 Å². The number of hydrogen-bond acceptors (Lipinski definition) is 7. The molecule has 1 heterocycles. The molecular formula is C27H23N3O6S. The van der Waals surface area contributed by atoms with E-state index >= 15 is 0 Å². The number of nitro benzene ring substituents is 1. The van der Waals surface area contributed by atoms with E-state index < -0.39 is 16.1 Å². The number of nitro groups is 1. The predicted octanol–water partition coefficient (Wildman–Crippen LogP) is 5.47. The molecule has 37 heavy (non-hydrogen) atoms. The Hall–Kier alpha value is -4.44. The standard InChI is InChI=1S/C27H23N3O6S/c1-17-9-10-21(11-18(17)2)28-25(31)16-36-23-8-4-5-19(13-23)14-24-26(32)29(27(33)37-24)15-20-6-3-7-22(12-20)30(34)35/h3-14H,15-16H2,1-2H3,(H,28,31)/b24-14-. The van der Waals surface area contributed by atoms with E-state index in [0.29, 0.717) is 22.6 Å². The smallest absolute Gasteiger partial charge is 0.293 e.